The minimum atomic E-state index is -0.524. The molecule has 0 bridgehead atoms. The topological polar surface area (TPSA) is 51.2 Å². The van der Waals surface area contributed by atoms with Gasteiger partial charge in [0.1, 0.15) is 5.82 Å². The van der Waals surface area contributed by atoms with Gasteiger partial charge in [-0.25, -0.2) is 9.78 Å². The summed E-state index contributed by atoms with van der Waals surface area (Å²) in [5.74, 6) is 0.438. The Morgan fingerprint density at radius 3 is 2.89 bits per heavy atom. The first-order valence-corrected chi connectivity index (χ1v) is 6.33. The van der Waals surface area contributed by atoms with Crippen LogP contribution in [0.4, 0.5) is 5.82 Å². The highest BCUT2D eigenvalue weighted by molar-refractivity contribution is 6.33. The molecule has 1 aromatic rings. The number of esters is 1. The Labute approximate surface area is 111 Å². The van der Waals surface area contributed by atoms with Gasteiger partial charge < -0.3 is 10.1 Å². The lowest BCUT2D eigenvalue weighted by molar-refractivity contribution is -0.128. The van der Waals surface area contributed by atoms with Crippen LogP contribution in [0, 0.1) is 0 Å². The average molecular weight is 267 g/mol. The van der Waals surface area contributed by atoms with Crippen molar-refractivity contribution in [2.24, 2.45) is 0 Å². The highest BCUT2D eigenvalue weighted by Crippen LogP contribution is 2.28. The lowest BCUT2D eigenvalue weighted by Gasteiger charge is -2.14. The van der Waals surface area contributed by atoms with Crippen molar-refractivity contribution in [2.45, 2.75) is 31.7 Å². The van der Waals surface area contributed by atoms with E-state index in [-0.39, 0.29) is 0 Å². The van der Waals surface area contributed by atoms with Crippen molar-refractivity contribution in [3.63, 3.8) is 0 Å². The summed E-state index contributed by atoms with van der Waals surface area (Å²) in [6, 6.07) is 2.02. The lowest BCUT2D eigenvalue weighted by atomic mass is 10.2. The van der Waals surface area contributed by atoms with Crippen LogP contribution in [0.1, 0.15) is 25.7 Å². The smallest absolute Gasteiger partial charge is 0.335 e. The molecule has 96 valence electrons. The largest absolute Gasteiger partial charge is 0.422 e. The van der Waals surface area contributed by atoms with Gasteiger partial charge in [0.2, 0.25) is 0 Å². The molecule has 0 amide bonds. The van der Waals surface area contributed by atoms with Gasteiger partial charge in [-0.05, 0) is 12.8 Å². The summed E-state index contributed by atoms with van der Waals surface area (Å²) in [7, 11) is 0. The Kier molecular flexibility index (Phi) is 4.20. The minimum Gasteiger partial charge on any atom is -0.422 e. The molecule has 1 saturated carbocycles. The maximum Gasteiger partial charge on any atom is 0.335 e. The van der Waals surface area contributed by atoms with E-state index in [0.29, 0.717) is 22.6 Å². The molecule has 1 aliphatic carbocycles. The fraction of sp³-hybridized carbons (Fsp3) is 0.385. The molecule has 1 aliphatic rings. The van der Waals surface area contributed by atoms with E-state index in [0.717, 1.165) is 18.9 Å². The van der Waals surface area contributed by atoms with Crippen LogP contribution in [0.5, 0.6) is 5.75 Å². The van der Waals surface area contributed by atoms with Crippen molar-refractivity contribution in [2.75, 3.05) is 5.32 Å². The molecular formula is C13H15ClN2O2. The standard InChI is InChI=1S/C13H15ClN2O2/c1-2-12(17)18-10-7-11(14)13(15-8-10)16-9-5-3-4-6-9/h2,7-9H,1,3-6H2,(H,15,16). The zero-order valence-electron chi connectivity index (χ0n) is 9.99. The van der Waals surface area contributed by atoms with Gasteiger partial charge in [-0.2, -0.15) is 0 Å². The number of hydrogen-bond acceptors (Lipinski definition) is 4. The quantitative estimate of drug-likeness (QED) is 0.672. The second-order valence-electron chi connectivity index (χ2n) is 4.25. The molecule has 0 spiro atoms. The number of pyridine rings is 1. The van der Waals surface area contributed by atoms with Gasteiger partial charge in [-0.15, -0.1) is 0 Å². The zero-order chi connectivity index (χ0) is 13.0. The second kappa shape index (κ2) is 5.87. The molecule has 0 atom stereocenters. The molecule has 0 unspecified atom stereocenters. The molecule has 4 nitrogen and oxygen atoms in total. The van der Waals surface area contributed by atoms with Gasteiger partial charge in [-0.1, -0.05) is 31.0 Å². The van der Waals surface area contributed by atoms with Crippen LogP contribution >= 0.6 is 11.6 Å². The molecule has 0 radical (unpaired) electrons. The van der Waals surface area contributed by atoms with E-state index in [1.165, 1.54) is 19.0 Å². The fourth-order valence-corrected chi connectivity index (χ4v) is 2.21. The summed E-state index contributed by atoms with van der Waals surface area (Å²) in [5, 5.41) is 3.75. The first-order chi connectivity index (χ1) is 8.69. The Morgan fingerprint density at radius 1 is 1.56 bits per heavy atom. The van der Waals surface area contributed by atoms with E-state index in [1.807, 2.05) is 0 Å². The number of carbonyl (C=O) groups is 1. The Bertz CT molecular complexity index is 456. The van der Waals surface area contributed by atoms with Gasteiger partial charge in [0.15, 0.2) is 5.75 Å². The Hall–Kier alpha value is -1.55. The van der Waals surface area contributed by atoms with E-state index in [4.69, 9.17) is 16.3 Å². The molecule has 0 aromatic carbocycles. The van der Waals surface area contributed by atoms with Crippen LogP contribution < -0.4 is 10.1 Å². The number of anilines is 1. The van der Waals surface area contributed by atoms with Crippen molar-refractivity contribution in [3.05, 3.63) is 29.9 Å². The highest BCUT2D eigenvalue weighted by atomic mass is 35.5. The van der Waals surface area contributed by atoms with Crippen LogP contribution in [0.25, 0.3) is 0 Å². The van der Waals surface area contributed by atoms with Crippen molar-refractivity contribution >= 4 is 23.4 Å². The van der Waals surface area contributed by atoms with Gasteiger partial charge in [0.05, 0.1) is 11.2 Å². The van der Waals surface area contributed by atoms with Crippen LogP contribution in [0.2, 0.25) is 5.02 Å². The molecule has 0 aliphatic heterocycles. The third kappa shape index (κ3) is 3.23. The predicted octanol–water partition coefficient (Wildman–Crippen LogP) is 3.18. The molecule has 2 rings (SSSR count). The van der Waals surface area contributed by atoms with Crippen LogP contribution in [-0.2, 0) is 4.79 Å². The molecule has 18 heavy (non-hydrogen) atoms. The Balaban J connectivity index is 2.04. The van der Waals surface area contributed by atoms with Crippen molar-refractivity contribution in [1.29, 1.82) is 0 Å². The molecule has 1 N–H and O–H groups in total. The summed E-state index contributed by atoms with van der Waals surface area (Å²) in [5.41, 5.74) is 0. The molecular weight excluding hydrogens is 252 g/mol. The summed E-state index contributed by atoms with van der Waals surface area (Å²) in [4.78, 5) is 15.2. The van der Waals surface area contributed by atoms with E-state index < -0.39 is 5.97 Å². The summed E-state index contributed by atoms with van der Waals surface area (Å²) in [6.07, 6.45) is 7.34. The number of nitrogens with zero attached hydrogens (tertiary/aromatic N) is 1. The number of rotatable bonds is 4. The maximum absolute atomic E-state index is 11.0. The van der Waals surface area contributed by atoms with Gasteiger partial charge in [-0.3, -0.25) is 0 Å². The second-order valence-corrected chi connectivity index (χ2v) is 4.66. The first-order valence-electron chi connectivity index (χ1n) is 5.95. The van der Waals surface area contributed by atoms with E-state index >= 15 is 0 Å². The first kappa shape index (κ1) is 12.9. The van der Waals surface area contributed by atoms with Crippen molar-refractivity contribution < 1.29 is 9.53 Å². The molecule has 0 saturated heterocycles. The lowest BCUT2D eigenvalue weighted by Crippen LogP contribution is -2.15. The summed E-state index contributed by atoms with van der Waals surface area (Å²) >= 11 is 6.09. The normalized spacial score (nSPS) is 15.4. The third-order valence-corrected chi connectivity index (χ3v) is 3.19. The van der Waals surface area contributed by atoms with Crippen molar-refractivity contribution in [3.8, 4) is 5.75 Å². The van der Waals surface area contributed by atoms with E-state index in [9.17, 15) is 4.79 Å². The van der Waals surface area contributed by atoms with Gasteiger partial charge in [0, 0.05) is 18.2 Å². The number of hydrogen-bond donors (Lipinski definition) is 1. The number of aromatic nitrogens is 1. The summed E-state index contributed by atoms with van der Waals surface area (Å²) < 4.78 is 4.94. The molecule has 1 aromatic heterocycles. The maximum atomic E-state index is 11.0. The highest BCUT2D eigenvalue weighted by Gasteiger charge is 2.16. The van der Waals surface area contributed by atoms with Crippen LogP contribution in [-0.4, -0.2) is 17.0 Å². The number of nitrogens with one attached hydrogen (secondary N) is 1. The molecule has 5 heteroatoms. The fourth-order valence-electron chi connectivity index (χ4n) is 2.00. The van der Waals surface area contributed by atoms with Gasteiger partial charge in [0.25, 0.3) is 0 Å². The van der Waals surface area contributed by atoms with E-state index in [1.54, 1.807) is 6.07 Å². The number of ether oxygens (including phenoxy) is 1. The minimum absolute atomic E-state index is 0.321. The SMILES string of the molecule is C=CC(=O)Oc1cnc(NC2CCCC2)c(Cl)c1. The molecule has 1 fully saturated rings. The van der Waals surface area contributed by atoms with Crippen LogP contribution in [0.15, 0.2) is 24.9 Å². The predicted molar refractivity (Wildman–Crippen MR) is 71.0 cm³/mol. The Morgan fingerprint density at radius 2 is 2.28 bits per heavy atom. The average Bonchev–Trinajstić information content (AvgIpc) is 2.85. The third-order valence-electron chi connectivity index (χ3n) is 2.90. The monoisotopic (exact) mass is 266 g/mol. The van der Waals surface area contributed by atoms with E-state index in [2.05, 4.69) is 16.9 Å². The molecule has 1 heterocycles. The summed E-state index contributed by atoms with van der Waals surface area (Å²) in [6.45, 7) is 3.32. The number of halogens is 1. The van der Waals surface area contributed by atoms with Crippen LogP contribution in [0.3, 0.4) is 0 Å². The van der Waals surface area contributed by atoms with Crippen molar-refractivity contribution in [1.82, 2.24) is 4.98 Å². The number of carbonyl (C=O) groups excluding carboxylic acids is 1. The zero-order valence-corrected chi connectivity index (χ0v) is 10.7. The van der Waals surface area contributed by atoms with Gasteiger partial charge >= 0.3 is 5.97 Å².